The number of rotatable bonds is 4. The molecule has 1 amide bonds. The summed E-state index contributed by atoms with van der Waals surface area (Å²) in [5.74, 6) is 0.569. The molecule has 6 heteroatoms. The summed E-state index contributed by atoms with van der Waals surface area (Å²) in [4.78, 5) is 15.8. The van der Waals surface area contributed by atoms with Gasteiger partial charge in [0.05, 0.1) is 19.2 Å². The Bertz CT molecular complexity index is 554. The number of anilines is 2. The first-order chi connectivity index (χ1) is 8.67. The molecule has 0 radical (unpaired) electrons. The zero-order valence-corrected chi connectivity index (χ0v) is 10.7. The van der Waals surface area contributed by atoms with Crippen molar-refractivity contribution >= 4 is 28.1 Å². The van der Waals surface area contributed by atoms with E-state index in [1.165, 1.54) is 11.3 Å². The standard InChI is InChI=1S/C12H13N3O2S/c1-17-10-4-2-3-8(5-10)14-11(16)6-9-7-18-12(13)15-9/h2-5,7H,6H2,1H3,(H2,13,15)(H,14,16). The molecule has 0 aliphatic rings. The van der Waals surface area contributed by atoms with Crippen molar-refractivity contribution in [3.8, 4) is 5.75 Å². The van der Waals surface area contributed by atoms with E-state index in [9.17, 15) is 4.79 Å². The third kappa shape index (κ3) is 3.21. The molecule has 0 unspecified atom stereocenters. The van der Waals surface area contributed by atoms with Gasteiger partial charge in [-0.2, -0.15) is 0 Å². The van der Waals surface area contributed by atoms with E-state index in [1.807, 2.05) is 12.1 Å². The van der Waals surface area contributed by atoms with Gasteiger partial charge in [0.1, 0.15) is 5.75 Å². The van der Waals surface area contributed by atoms with Gasteiger partial charge in [0, 0.05) is 17.1 Å². The van der Waals surface area contributed by atoms with Crippen molar-refractivity contribution in [2.24, 2.45) is 0 Å². The molecule has 18 heavy (non-hydrogen) atoms. The van der Waals surface area contributed by atoms with Crippen molar-refractivity contribution in [1.82, 2.24) is 4.98 Å². The van der Waals surface area contributed by atoms with Crippen LogP contribution in [0.2, 0.25) is 0 Å². The SMILES string of the molecule is COc1cccc(NC(=O)Cc2csc(N)n2)c1. The lowest BCUT2D eigenvalue weighted by Gasteiger charge is -2.05. The van der Waals surface area contributed by atoms with Gasteiger partial charge in [-0.25, -0.2) is 4.98 Å². The molecule has 0 saturated carbocycles. The fourth-order valence-electron chi connectivity index (χ4n) is 1.47. The topological polar surface area (TPSA) is 77.2 Å². The second-order valence-corrected chi connectivity index (χ2v) is 4.52. The van der Waals surface area contributed by atoms with Crippen LogP contribution in [0.1, 0.15) is 5.69 Å². The van der Waals surface area contributed by atoms with Gasteiger partial charge in [-0.3, -0.25) is 4.79 Å². The van der Waals surface area contributed by atoms with Gasteiger partial charge in [-0.15, -0.1) is 11.3 Å². The summed E-state index contributed by atoms with van der Waals surface area (Å²) in [6.45, 7) is 0. The van der Waals surface area contributed by atoms with Crippen molar-refractivity contribution in [1.29, 1.82) is 0 Å². The average Bonchev–Trinajstić information content (AvgIpc) is 2.74. The molecule has 5 nitrogen and oxygen atoms in total. The predicted molar refractivity (Wildman–Crippen MR) is 71.9 cm³/mol. The number of carbonyl (C=O) groups excluding carboxylic acids is 1. The maximum Gasteiger partial charge on any atom is 0.230 e. The summed E-state index contributed by atoms with van der Waals surface area (Å²) in [6.07, 6.45) is 0.213. The number of benzene rings is 1. The molecule has 0 fully saturated rings. The second-order valence-electron chi connectivity index (χ2n) is 3.63. The van der Waals surface area contributed by atoms with Gasteiger partial charge in [0.15, 0.2) is 5.13 Å². The fraction of sp³-hybridized carbons (Fsp3) is 0.167. The number of nitrogens with two attached hydrogens (primary N) is 1. The quantitative estimate of drug-likeness (QED) is 0.883. The minimum absolute atomic E-state index is 0.131. The van der Waals surface area contributed by atoms with Crippen LogP contribution in [-0.2, 0) is 11.2 Å². The number of ether oxygens (including phenoxy) is 1. The number of carbonyl (C=O) groups is 1. The number of methoxy groups -OCH3 is 1. The molecule has 1 heterocycles. The van der Waals surface area contributed by atoms with Gasteiger partial charge in [-0.1, -0.05) is 6.07 Å². The highest BCUT2D eigenvalue weighted by atomic mass is 32.1. The van der Waals surface area contributed by atoms with E-state index in [4.69, 9.17) is 10.5 Å². The van der Waals surface area contributed by atoms with Gasteiger partial charge in [0.25, 0.3) is 0 Å². The minimum atomic E-state index is -0.131. The van der Waals surface area contributed by atoms with Crippen molar-refractivity contribution in [3.05, 3.63) is 35.3 Å². The Hall–Kier alpha value is -2.08. The Morgan fingerprint density at radius 1 is 1.56 bits per heavy atom. The molecule has 0 bridgehead atoms. The smallest absolute Gasteiger partial charge is 0.230 e. The maximum atomic E-state index is 11.8. The number of thiazole rings is 1. The molecule has 2 aromatic rings. The lowest BCUT2D eigenvalue weighted by atomic mass is 10.2. The van der Waals surface area contributed by atoms with Gasteiger partial charge < -0.3 is 15.8 Å². The number of nitrogens with zero attached hydrogens (tertiary/aromatic N) is 1. The van der Waals surface area contributed by atoms with Gasteiger partial charge >= 0.3 is 0 Å². The lowest BCUT2D eigenvalue weighted by Crippen LogP contribution is -2.14. The van der Waals surface area contributed by atoms with E-state index in [0.29, 0.717) is 22.3 Å². The van der Waals surface area contributed by atoms with Crippen LogP contribution >= 0.6 is 11.3 Å². The number of hydrogen-bond donors (Lipinski definition) is 2. The molecular formula is C12H13N3O2S. The minimum Gasteiger partial charge on any atom is -0.497 e. The summed E-state index contributed by atoms with van der Waals surface area (Å²) in [5.41, 5.74) is 6.88. The Morgan fingerprint density at radius 3 is 3.06 bits per heavy atom. The number of nitrogen functional groups attached to an aromatic ring is 1. The van der Waals surface area contributed by atoms with Gasteiger partial charge in [-0.05, 0) is 12.1 Å². The third-order valence-corrected chi connectivity index (χ3v) is 2.99. The molecule has 1 aromatic carbocycles. The Morgan fingerprint density at radius 2 is 2.39 bits per heavy atom. The van der Waals surface area contributed by atoms with Crippen LogP contribution in [0.4, 0.5) is 10.8 Å². The largest absolute Gasteiger partial charge is 0.497 e. The van der Waals surface area contributed by atoms with Crippen LogP contribution < -0.4 is 15.8 Å². The van der Waals surface area contributed by atoms with Crippen molar-refractivity contribution in [3.63, 3.8) is 0 Å². The number of nitrogens with one attached hydrogen (secondary N) is 1. The zero-order valence-electron chi connectivity index (χ0n) is 9.84. The molecule has 2 rings (SSSR count). The van der Waals surface area contributed by atoms with Crippen LogP contribution in [0.25, 0.3) is 0 Å². The van der Waals surface area contributed by atoms with E-state index < -0.39 is 0 Å². The summed E-state index contributed by atoms with van der Waals surface area (Å²) >= 11 is 1.33. The molecule has 0 saturated heterocycles. The average molecular weight is 263 g/mol. The van der Waals surface area contributed by atoms with Crippen molar-refractivity contribution < 1.29 is 9.53 Å². The van der Waals surface area contributed by atoms with E-state index in [1.54, 1.807) is 24.6 Å². The lowest BCUT2D eigenvalue weighted by molar-refractivity contribution is -0.115. The Kier molecular flexibility index (Phi) is 3.78. The molecule has 0 aliphatic carbocycles. The molecule has 94 valence electrons. The van der Waals surface area contributed by atoms with E-state index >= 15 is 0 Å². The predicted octanol–water partition coefficient (Wildman–Crippen LogP) is 1.92. The van der Waals surface area contributed by atoms with E-state index in [2.05, 4.69) is 10.3 Å². The van der Waals surface area contributed by atoms with Gasteiger partial charge in [0.2, 0.25) is 5.91 Å². The monoisotopic (exact) mass is 263 g/mol. The molecule has 0 atom stereocenters. The maximum absolute atomic E-state index is 11.8. The first-order valence-electron chi connectivity index (χ1n) is 5.31. The molecule has 0 aliphatic heterocycles. The van der Waals surface area contributed by atoms with Crippen LogP contribution in [0.5, 0.6) is 5.75 Å². The Labute approximate surface area is 109 Å². The summed E-state index contributed by atoms with van der Waals surface area (Å²) in [7, 11) is 1.58. The zero-order chi connectivity index (χ0) is 13.0. The highest BCUT2D eigenvalue weighted by Gasteiger charge is 2.07. The number of aromatic nitrogens is 1. The first kappa shape index (κ1) is 12.4. The fourth-order valence-corrected chi connectivity index (χ4v) is 2.04. The molecule has 1 aromatic heterocycles. The first-order valence-corrected chi connectivity index (χ1v) is 6.19. The van der Waals surface area contributed by atoms with E-state index in [-0.39, 0.29) is 12.3 Å². The van der Waals surface area contributed by atoms with Crippen LogP contribution in [-0.4, -0.2) is 18.0 Å². The normalized spacial score (nSPS) is 10.1. The highest BCUT2D eigenvalue weighted by molar-refractivity contribution is 7.13. The second kappa shape index (κ2) is 5.50. The highest BCUT2D eigenvalue weighted by Crippen LogP contribution is 2.17. The molecule has 0 spiro atoms. The van der Waals surface area contributed by atoms with Crippen LogP contribution in [0.3, 0.4) is 0 Å². The van der Waals surface area contributed by atoms with Crippen molar-refractivity contribution in [2.45, 2.75) is 6.42 Å². The number of amides is 1. The summed E-state index contributed by atoms with van der Waals surface area (Å²) in [5, 5.41) is 5.03. The Balaban J connectivity index is 1.98. The third-order valence-electron chi connectivity index (χ3n) is 2.26. The number of hydrogen-bond acceptors (Lipinski definition) is 5. The molecular weight excluding hydrogens is 250 g/mol. The summed E-state index contributed by atoms with van der Waals surface area (Å²) in [6, 6.07) is 7.19. The summed E-state index contributed by atoms with van der Waals surface area (Å²) < 4.78 is 5.08. The van der Waals surface area contributed by atoms with Crippen LogP contribution in [0, 0.1) is 0 Å². The van der Waals surface area contributed by atoms with E-state index in [0.717, 1.165) is 0 Å². The van der Waals surface area contributed by atoms with Crippen molar-refractivity contribution in [2.75, 3.05) is 18.2 Å². The van der Waals surface area contributed by atoms with Crippen LogP contribution in [0.15, 0.2) is 29.6 Å². The molecule has 3 N–H and O–H groups in total.